The fourth-order valence-corrected chi connectivity index (χ4v) is 8.93. The van der Waals surface area contributed by atoms with E-state index in [0.29, 0.717) is 23.3 Å². The molecule has 1 aliphatic carbocycles. The maximum absolute atomic E-state index is 14.7. The summed E-state index contributed by atoms with van der Waals surface area (Å²) in [7, 11) is -4.20. The lowest BCUT2D eigenvalue weighted by molar-refractivity contribution is -0.124. The number of hydrogen-bond acceptors (Lipinski definition) is 11. The molecular formula is C34H38F2N4O9S2. The molecule has 17 heteroatoms. The second kappa shape index (κ2) is 12.9. The Balaban J connectivity index is 1.41. The van der Waals surface area contributed by atoms with E-state index in [1.54, 1.807) is 25.1 Å². The van der Waals surface area contributed by atoms with Crippen molar-refractivity contribution in [2.75, 3.05) is 0 Å². The smallest absolute Gasteiger partial charge is 0.387 e. The third-order valence-electron chi connectivity index (χ3n) is 9.88. The molecule has 274 valence electrons. The van der Waals surface area contributed by atoms with Crippen molar-refractivity contribution in [2.45, 2.75) is 114 Å². The number of halogens is 2. The van der Waals surface area contributed by atoms with E-state index in [1.165, 1.54) is 43.9 Å². The number of carbonyl (C=O) groups is 1. The van der Waals surface area contributed by atoms with Crippen LogP contribution in [-0.2, 0) is 36.4 Å². The summed E-state index contributed by atoms with van der Waals surface area (Å²) in [5.41, 5.74) is -2.76. The van der Waals surface area contributed by atoms with Crippen LogP contribution >= 0.6 is 11.3 Å². The van der Waals surface area contributed by atoms with Gasteiger partial charge in [-0.15, -0.1) is 11.3 Å². The fraction of sp³-hybridized carbons (Fsp3) is 0.529. The number of sulfonamides is 1. The van der Waals surface area contributed by atoms with Gasteiger partial charge in [-0.1, -0.05) is 18.2 Å². The van der Waals surface area contributed by atoms with Crippen molar-refractivity contribution in [1.82, 2.24) is 18.8 Å². The Morgan fingerprint density at radius 2 is 1.84 bits per heavy atom. The summed E-state index contributed by atoms with van der Waals surface area (Å²) in [4.78, 5) is 47.9. The summed E-state index contributed by atoms with van der Waals surface area (Å²) in [6.07, 6.45) is 4.34. The standard InChI is InChI=1S/C34H38F2N4O9S2/c1-18-25-28(41)40(34(11-12-34)30(42)38-51(44,45)33(2,3)4)32(43)39(29(25)50-26(18)27-37-13-14-46-27)17-24(22-7-5-6-8-23(22)49-31(35)36)48-21-15-19-9-10-20(16-21)47-19/h5-8,13-14,19-21,24,31H,9-12,15-17H2,1-4H3,(H,38,42)/t19-,20+,21?,24-/m0/s1. The van der Waals surface area contributed by atoms with E-state index < -0.39 is 50.2 Å². The Bertz CT molecular complexity index is 2190. The number of nitrogens with one attached hydrogen (secondary N) is 1. The van der Waals surface area contributed by atoms with Crippen LogP contribution in [0.2, 0.25) is 0 Å². The number of oxazole rings is 1. The number of thiophene rings is 1. The van der Waals surface area contributed by atoms with Gasteiger partial charge in [0.15, 0.2) is 0 Å². The Morgan fingerprint density at radius 3 is 2.45 bits per heavy atom. The van der Waals surface area contributed by atoms with Gasteiger partial charge < -0.3 is 18.6 Å². The largest absolute Gasteiger partial charge is 0.444 e. The molecule has 1 unspecified atom stereocenters. The number of hydrogen-bond donors (Lipinski definition) is 1. The number of aryl methyl sites for hydroxylation is 1. The van der Waals surface area contributed by atoms with E-state index in [4.69, 9.17) is 18.6 Å². The molecule has 2 aliphatic heterocycles. The molecule has 3 aliphatic rings. The number of alkyl halides is 2. The minimum absolute atomic E-state index is 0.0146. The number of fused-ring (bicyclic) bond motifs is 3. The molecule has 1 saturated carbocycles. The highest BCUT2D eigenvalue weighted by Crippen LogP contribution is 2.44. The van der Waals surface area contributed by atoms with Crippen molar-refractivity contribution in [3.8, 4) is 16.5 Å². The van der Waals surface area contributed by atoms with E-state index in [-0.39, 0.29) is 65.1 Å². The number of nitrogens with zero attached hydrogens (tertiary/aromatic N) is 3. The van der Waals surface area contributed by atoms with E-state index in [2.05, 4.69) is 9.71 Å². The van der Waals surface area contributed by atoms with Crippen molar-refractivity contribution in [3.63, 3.8) is 0 Å². The normalized spacial score (nSPS) is 22.0. The van der Waals surface area contributed by atoms with Gasteiger partial charge in [-0.2, -0.15) is 8.78 Å². The van der Waals surface area contributed by atoms with Crippen LogP contribution in [-0.4, -0.2) is 58.1 Å². The molecule has 7 rings (SSSR count). The van der Waals surface area contributed by atoms with Gasteiger partial charge in [0.05, 0.1) is 46.1 Å². The zero-order valence-electron chi connectivity index (χ0n) is 28.4. The van der Waals surface area contributed by atoms with Crippen LogP contribution in [0, 0.1) is 6.92 Å². The number of carbonyl (C=O) groups excluding carboxylic acids is 1. The van der Waals surface area contributed by atoms with Crippen LogP contribution in [0.5, 0.6) is 5.75 Å². The summed E-state index contributed by atoms with van der Waals surface area (Å²) in [5.74, 6) is -0.933. The Kier molecular flexibility index (Phi) is 8.99. The summed E-state index contributed by atoms with van der Waals surface area (Å²) in [6, 6.07) is 6.16. The minimum Gasteiger partial charge on any atom is -0.444 e. The predicted octanol–water partition coefficient (Wildman–Crippen LogP) is 4.99. The van der Waals surface area contributed by atoms with Crippen LogP contribution in [0.15, 0.2) is 50.7 Å². The van der Waals surface area contributed by atoms with Crippen molar-refractivity contribution >= 4 is 37.5 Å². The third kappa shape index (κ3) is 6.42. The monoisotopic (exact) mass is 748 g/mol. The molecule has 0 radical (unpaired) electrons. The predicted molar refractivity (Wildman–Crippen MR) is 182 cm³/mol. The molecule has 0 spiro atoms. The van der Waals surface area contributed by atoms with Crippen molar-refractivity contribution in [1.29, 1.82) is 0 Å². The first-order valence-corrected chi connectivity index (χ1v) is 19.0. The van der Waals surface area contributed by atoms with Gasteiger partial charge >= 0.3 is 12.3 Å². The van der Waals surface area contributed by atoms with E-state index in [9.17, 15) is 31.6 Å². The lowest BCUT2D eigenvalue weighted by Crippen LogP contribution is -2.54. The highest BCUT2D eigenvalue weighted by atomic mass is 32.2. The molecule has 13 nitrogen and oxygen atoms in total. The molecule has 4 atom stereocenters. The zero-order chi connectivity index (χ0) is 36.5. The molecular weight excluding hydrogens is 711 g/mol. The fourth-order valence-electron chi connectivity index (χ4n) is 6.95. The van der Waals surface area contributed by atoms with Gasteiger partial charge in [0.1, 0.15) is 28.5 Å². The quantitative estimate of drug-likeness (QED) is 0.221. The maximum atomic E-state index is 14.7. The Labute approximate surface area is 295 Å². The minimum atomic E-state index is -4.20. The summed E-state index contributed by atoms with van der Waals surface area (Å²) in [6.45, 7) is 2.53. The number of benzene rings is 1. The van der Waals surface area contributed by atoms with Crippen molar-refractivity contribution in [2.24, 2.45) is 0 Å². The molecule has 5 heterocycles. The summed E-state index contributed by atoms with van der Waals surface area (Å²) in [5, 5.41) is 0.102. The molecule has 51 heavy (non-hydrogen) atoms. The summed E-state index contributed by atoms with van der Waals surface area (Å²) >= 11 is 1.08. The zero-order valence-corrected chi connectivity index (χ0v) is 30.0. The van der Waals surface area contributed by atoms with Gasteiger partial charge in [-0.05, 0) is 77.8 Å². The Hall–Kier alpha value is -3.93. The molecule has 3 aromatic heterocycles. The topological polar surface area (TPSA) is 161 Å². The van der Waals surface area contributed by atoms with Gasteiger partial charge in [-0.25, -0.2) is 22.8 Å². The first kappa shape index (κ1) is 35.5. The molecule has 1 amide bonds. The second-order valence-electron chi connectivity index (χ2n) is 14.3. The molecule has 2 saturated heterocycles. The third-order valence-corrected chi connectivity index (χ3v) is 13.3. The average Bonchev–Trinajstić information content (AvgIpc) is 3.32. The Morgan fingerprint density at radius 1 is 1.16 bits per heavy atom. The SMILES string of the molecule is Cc1c(-c2ncco2)sc2c1c(=O)n(C1(C(=O)NS(=O)(=O)C(C)(C)C)CC1)c(=O)n2C[C@H](OC1C[C@H]2CC[C@@H](C1)O2)c1ccccc1OC(F)F. The molecule has 1 aromatic carbocycles. The highest BCUT2D eigenvalue weighted by molar-refractivity contribution is 7.91. The number of rotatable bonds is 11. The average molecular weight is 749 g/mol. The van der Waals surface area contributed by atoms with E-state index in [0.717, 1.165) is 28.7 Å². The van der Waals surface area contributed by atoms with Crippen LogP contribution < -0.4 is 20.7 Å². The second-order valence-corrected chi connectivity index (χ2v) is 17.7. The van der Waals surface area contributed by atoms with Crippen LogP contribution in [0.1, 0.15) is 76.5 Å². The van der Waals surface area contributed by atoms with Crippen molar-refractivity contribution in [3.05, 3.63) is 68.7 Å². The number of amides is 1. The number of ether oxygens (including phenoxy) is 3. The molecule has 4 aromatic rings. The van der Waals surface area contributed by atoms with E-state index >= 15 is 0 Å². The molecule has 1 N–H and O–H groups in total. The maximum Gasteiger partial charge on any atom is 0.387 e. The van der Waals surface area contributed by atoms with Gasteiger partial charge in [0.2, 0.25) is 15.9 Å². The highest BCUT2D eigenvalue weighted by Gasteiger charge is 2.56. The van der Waals surface area contributed by atoms with Crippen LogP contribution in [0.4, 0.5) is 8.78 Å². The lowest BCUT2D eigenvalue weighted by atomic mass is 10.0. The van der Waals surface area contributed by atoms with Gasteiger partial charge in [-0.3, -0.25) is 18.9 Å². The first-order chi connectivity index (χ1) is 24.1. The first-order valence-electron chi connectivity index (χ1n) is 16.7. The number of para-hydroxylation sites is 1. The lowest BCUT2D eigenvalue weighted by Gasteiger charge is -2.32. The van der Waals surface area contributed by atoms with Gasteiger partial charge in [0.25, 0.3) is 11.5 Å². The summed E-state index contributed by atoms with van der Waals surface area (Å²) < 4.78 is 79.4. The molecule has 3 fully saturated rings. The van der Waals surface area contributed by atoms with Crippen LogP contribution in [0.3, 0.4) is 0 Å². The van der Waals surface area contributed by atoms with E-state index in [1.807, 2.05) is 0 Å². The van der Waals surface area contributed by atoms with Crippen LogP contribution in [0.25, 0.3) is 21.0 Å². The molecule has 2 bridgehead atoms. The van der Waals surface area contributed by atoms with Gasteiger partial charge in [0, 0.05) is 5.56 Å². The van der Waals surface area contributed by atoms with Crippen molar-refractivity contribution < 1.29 is 40.6 Å². The number of aromatic nitrogens is 3.